The molecule has 214 valence electrons. The quantitative estimate of drug-likeness (QED) is 0.207. The molecule has 0 radical (unpaired) electrons. The normalized spacial score (nSPS) is 11.9. The zero-order chi connectivity index (χ0) is 30.2. The summed E-state index contributed by atoms with van der Waals surface area (Å²) in [5.41, 5.74) is 8.99. The van der Waals surface area contributed by atoms with Gasteiger partial charge >= 0.3 is 0 Å². The van der Waals surface area contributed by atoms with E-state index >= 15 is 0 Å². The van der Waals surface area contributed by atoms with Crippen LogP contribution in [-0.4, -0.2) is 14.5 Å². The van der Waals surface area contributed by atoms with Crippen molar-refractivity contribution < 1.29 is 4.42 Å². The fourth-order valence-corrected chi connectivity index (χ4v) is 6.99. The number of hydrogen-bond donors (Lipinski definition) is 0. The molecule has 0 aliphatic heterocycles. The monoisotopic (exact) mass is 587 g/mol. The average molecular weight is 588 g/mol. The Balaban J connectivity index is 1.30. The van der Waals surface area contributed by atoms with E-state index in [1.165, 1.54) is 21.5 Å². The third-order valence-electron chi connectivity index (χ3n) is 9.18. The lowest BCUT2D eigenvalue weighted by molar-refractivity contribution is 0.669. The molecule has 0 unspecified atom stereocenters. The van der Waals surface area contributed by atoms with Crippen LogP contribution in [0.3, 0.4) is 0 Å². The molecule has 4 nitrogen and oxygen atoms in total. The van der Waals surface area contributed by atoms with Gasteiger partial charge in [0, 0.05) is 32.5 Å². The van der Waals surface area contributed by atoms with Crippen LogP contribution in [0.1, 0.15) is 0 Å². The van der Waals surface area contributed by atoms with Gasteiger partial charge in [0.2, 0.25) is 5.95 Å². The minimum absolute atomic E-state index is 0.647. The van der Waals surface area contributed by atoms with E-state index in [-0.39, 0.29) is 0 Å². The Hall–Kier alpha value is -6.26. The minimum Gasteiger partial charge on any atom is -0.456 e. The second-order valence-electron chi connectivity index (χ2n) is 11.8. The van der Waals surface area contributed by atoms with Crippen LogP contribution >= 0.6 is 0 Å². The van der Waals surface area contributed by atoms with Gasteiger partial charge in [-0.1, -0.05) is 97.1 Å². The van der Waals surface area contributed by atoms with E-state index in [4.69, 9.17) is 14.4 Å². The van der Waals surface area contributed by atoms with Crippen LogP contribution in [0.15, 0.2) is 156 Å². The Kier molecular flexibility index (Phi) is 5.25. The highest BCUT2D eigenvalue weighted by atomic mass is 16.3. The molecule has 0 amide bonds. The molecule has 10 rings (SSSR count). The van der Waals surface area contributed by atoms with Gasteiger partial charge in [0.1, 0.15) is 11.2 Å². The van der Waals surface area contributed by atoms with Crippen molar-refractivity contribution >= 4 is 65.4 Å². The summed E-state index contributed by atoms with van der Waals surface area (Å²) in [4.78, 5) is 10.7. The lowest BCUT2D eigenvalue weighted by atomic mass is 9.99. The van der Waals surface area contributed by atoms with Crippen molar-refractivity contribution in [3.05, 3.63) is 152 Å². The molecule has 0 aliphatic carbocycles. The van der Waals surface area contributed by atoms with Gasteiger partial charge in [-0.25, -0.2) is 9.97 Å². The predicted octanol–water partition coefficient (Wildman–Crippen LogP) is 11.1. The average Bonchev–Trinajstić information content (AvgIpc) is 3.65. The van der Waals surface area contributed by atoms with E-state index in [1.54, 1.807) is 0 Å². The molecule has 10 aromatic rings. The highest BCUT2D eigenvalue weighted by Crippen LogP contribution is 2.38. The Bertz CT molecular complexity index is 2810. The van der Waals surface area contributed by atoms with Gasteiger partial charge in [-0.15, -0.1) is 0 Å². The Morgan fingerprint density at radius 3 is 2.00 bits per heavy atom. The molecule has 3 aromatic heterocycles. The van der Waals surface area contributed by atoms with E-state index < -0.39 is 0 Å². The summed E-state index contributed by atoms with van der Waals surface area (Å²) in [6.07, 6.45) is 0. The zero-order valence-electron chi connectivity index (χ0n) is 24.7. The maximum Gasteiger partial charge on any atom is 0.235 e. The van der Waals surface area contributed by atoms with Crippen molar-refractivity contribution in [2.75, 3.05) is 0 Å². The lowest BCUT2D eigenvalue weighted by Crippen LogP contribution is -2.03. The highest BCUT2D eigenvalue weighted by molar-refractivity contribution is 6.14. The van der Waals surface area contributed by atoms with E-state index in [2.05, 4.69) is 138 Å². The van der Waals surface area contributed by atoms with Gasteiger partial charge in [0.25, 0.3) is 0 Å². The summed E-state index contributed by atoms with van der Waals surface area (Å²) in [6, 6.07) is 53.2. The third kappa shape index (κ3) is 3.74. The standard InChI is InChI=1S/C42H25N3O/c1-2-10-26(11-3-1)29-18-20-36-35(23-29)41(30-19-21-40-34(24-30)32-15-7-9-17-39(32)46-40)44-42(43-36)45-37-16-8-6-14-31(37)33-22-27-12-4-5-13-28(27)25-38(33)45/h1-25H. The van der Waals surface area contributed by atoms with Crippen LogP contribution in [0.4, 0.5) is 0 Å². The Morgan fingerprint density at radius 2 is 1.11 bits per heavy atom. The summed E-state index contributed by atoms with van der Waals surface area (Å²) in [6.45, 7) is 0. The smallest absolute Gasteiger partial charge is 0.235 e. The Labute approximate surface area is 263 Å². The number of benzene rings is 7. The summed E-state index contributed by atoms with van der Waals surface area (Å²) >= 11 is 0. The van der Waals surface area contributed by atoms with Gasteiger partial charge in [0.15, 0.2) is 0 Å². The molecule has 0 fully saturated rings. The van der Waals surface area contributed by atoms with Gasteiger partial charge in [0.05, 0.1) is 22.2 Å². The number of hydrogen-bond acceptors (Lipinski definition) is 3. The van der Waals surface area contributed by atoms with Crippen molar-refractivity contribution in [1.29, 1.82) is 0 Å². The first-order chi connectivity index (χ1) is 22.8. The first kappa shape index (κ1) is 25.1. The maximum atomic E-state index is 6.19. The van der Waals surface area contributed by atoms with Crippen LogP contribution in [0, 0.1) is 0 Å². The zero-order valence-corrected chi connectivity index (χ0v) is 24.7. The van der Waals surface area contributed by atoms with Crippen molar-refractivity contribution in [2.24, 2.45) is 0 Å². The highest BCUT2D eigenvalue weighted by Gasteiger charge is 2.19. The van der Waals surface area contributed by atoms with Crippen molar-refractivity contribution in [3.63, 3.8) is 0 Å². The molecule has 0 saturated heterocycles. The molecule has 7 aromatic carbocycles. The second kappa shape index (κ2) is 9.62. The van der Waals surface area contributed by atoms with Gasteiger partial charge in [-0.3, -0.25) is 4.57 Å². The van der Waals surface area contributed by atoms with E-state index in [0.717, 1.165) is 66.3 Å². The molecule has 0 spiro atoms. The molecule has 0 N–H and O–H groups in total. The molecule has 3 heterocycles. The van der Waals surface area contributed by atoms with Crippen molar-refractivity contribution in [2.45, 2.75) is 0 Å². The number of fused-ring (bicyclic) bond motifs is 8. The van der Waals surface area contributed by atoms with E-state index in [0.29, 0.717) is 5.95 Å². The number of para-hydroxylation sites is 2. The van der Waals surface area contributed by atoms with Gasteiger partial charge in [-0.2, -0.15) is 0 Å². The van der Waals surface area contributed by atoms with Crippen LogP contribution in [0.5, 0.6) is 0 Å². The summed E-state index contributed by atoms with van der Waals surface area (Å²) < 4.78 is 8.40. The second-order valence-corrected chi connectivity index (χ2v) is 11.8. The topological polar surface area (TPSA) is 43.9 Å². The number of furan rings is 1. The van der Waals surface area contributed by atoms with E-state index in [1.807, 2.05) is 18.2 Å². The molecule has 0 atom stereocenters. The fraction of sp³-hybridized carbons (Fsp3) is 0. The van der Waals surface area contributed by atoms with Crippen LogP contribution in [0.2, 0.25) is 0 Å². The molecule has 0 saturated carbocycles. The molecule has 46 heavy (non-hydrogen) atoms. The molecule has 0 aliphatic rings. The number of rotatable bonds is 3. The van der Waals surface area contributed by atoms with Crippen LogP contribution < -0.4 is 0 Å². The summed E-state index contributed by atoms with van der Waals surface area (Å²) in [7, 11) is 0. The number of nitrogens with zero attached hydrogens (tertiary/aromatic N) is 3. The van der Waals surface area contributed by atoms with Gasteiger partial charge in [-0.05, 0) is 76.5 Å². The maximum absolute atomic E-state index is 6.19. The first-order valence-electron chi connectivity index (χ1n) is 15.5. The Morgan fingerprint density at radius 1 is 0.413 bits per heavy atom. The lowest BCUT2D eigenvalue weighted by Gasteiger charge is -2.13. The fourth-order valence-electron chi connectivity index (χ4n) is 6.99. The van der Waals surface area contributed by atoms with Crippen molar-refractivity contribution in [1.82, 2.24) is 14.5 Å². The first-order valence-corrected chi connectivity index (χ1v) is 15.5. The third-order valence-corrected chi connectivity index (χ3v) is 9.18. The largest absolute Gasteiger partial charge is 0.456 e. The molecular formula is C42H25N3O. The molecule has 4 heteroatoms. The van der Waals surface area contributed by atoms with Crippen LogP contribution in [0.25, 0.3) is 93.8 Å². The van der Waals surface area contributed by atoms with Crippen molar-refractivity contribution in [3.8, 4) is 28.3 Å². The SMILES string of the molecule is c1ccc(-c2ccc3nc(-n4c5ccccc5c5cc6ccccc6cc54)nc(-c4ccc5oc6ccccc6c5c4)c3c2)cc1. The molecular weight excluding hydrogens is 562 g/mol. The van der Waals surface area contributed by atoms with Gasteiger partial charge < -0.3 is 4.42 Å². The predicted molar refractivity (Wildman–Crippen MR) is 190 cm³/mol. The summed E-state index contributed by atoms with van der Waals surface area (Å²) in [5.74, 6) is 0.647. The molecule has 0 bridgehead atoms. The van der Waals surface area contributed by atoms with Crippen LogP contribution in [-0.2, 0) is 0 Å². The summed E-state index contributed by atoms with van der Waals surface area (Å²) in [5, 5.41) is 7.94. The minimum atomic E-state index is 0.647. The number of aromatic nitrogens is 3. The van der Waals surface area contributed by atoms with E-state index in [9.17, 15) is 0 Å².